The van der Waals surface area contributed by atoms with E-state index in [9.17, 15) is 4.79 Å². The summed E-state index contributed by atoms with van der Waals surface area (Å²) in [6.45, 7) is 8.20. The zero-order valence-electron chi connectivity index (χ0n) is 10.7. The minimum atomic E-state index is -0.135. The Kier molecular flexibility index (Phi) is 3.90. The van der Waals surface area contributed by atoms with Crippen molar-refractivity contribution in [2.45, 2.75) is 33.7 Å². The van der Waals surface area contributed by atoms with Crippen molar-refractivity contribution in [2.75, 3.05) is 0 Å². The van der Waals surface area contributed by atoms with Crippen molar-refractivity contribution in [2.24, 2.45) is 5.41 Å². The molecular formula is C14H18N2O. The highest BCUT2D eigenvalue weighted by Crippen LogP contribution is 2.19. The van der Waals surface area contributed by atoms with Gasteiger partial charge in [0.1, 0.15) is 0 Å². The number of rotatable bonds is 2. The molecule has 0 aliphatic carbocycles. The first kappa shape index (κ1) is 13.2. The first-order valence-electron chi connectivity index (χ1n) is 5.65. The summed E-state index contributed by atoms with van der Waals surface area (Å²) in [7, 11) is 0. The largest absolute Gasteiger partial charge is 0.349 e. The van der Waals surface area contributed by atoms with Gasteiger partial charge < -0.3 is 5.32 Å². The van der Waals surface area contributed by atoms with Gasteiger partial charge in [-0.2, -0.15) is 5.26 Å². The number of nitrogens with zero attached hydrogens (tertiary/aromatic N) is 1. The zero-order chi connectivity index (χ0) is 13.1. The fourth-order valence-electron chi connectivity index (χ4n) is 1.23. The van der Waals surface area contributed by atoms with Crippen molar-refractivity contribution in [3.8, 4) is 6.07 Å². The molecule has 0 spiro atoms. The van der Waals surface area contributed by atoms with Crippen LogP contribution in [0.25, 0.3) is 0 Å². The van der Waals surface area contributed by atoms with Crippen molar-refractivity contribution in [3.63, 3.8) is 0 Å². The number of hydrogen-bond donors (Lipinski definition) is 1. The molecule has 1 amide bonds. The van der Waals surface area contributed by atoms with Gasteiger partial charge in [-0.1, -0.05) is 26.8 Å². The third kappa shape index (κ3) is 3.60. The van der Waals surface area contributed by atoms with Crippen molar-refractivity contribution in [3.05, 3.63) is 35.4 Å². The van der Waals surface area contributed by atoms with E-state index in [1.807, 2.05) is 13.0 Å². The van der Waals surface area contributed by atoms with E-state index >= 15 is 0 Å². The highest BCUT2D eigenvalue weighted by molar-refractivity contribution is 5.94. The summed E-state index contributed by atoms with van der Waals surface area (Å²) in [5.74, 6) is -0.135. The Bertz CT molecular complexity index is 452. The first-order chi connectivity index (χ1) is 7.84. The molecule has 0 fully saturated rings. The predicted molar refractivity (Wildman–Crippen MR) is 67.5 cm³/mol. The van der Waals surface area contributed by atoms with Crippen LogP contribution in [-0.2, 0) is 0 Å². The number of nitrogens with one attached hydrogen (secondary N) is 1. The van der Waals surface area contributed by atoms with Crippen molar-refractivity contribution < 1.29 is 4.79 Å². The van der Waals surface area contributed by atoms with Gasteiger partial charge in [0.2, 0.25) is 0 Å². The minimum Gasteiger partial charge on any atom is -0.349 e. The summed E-state index contributed by atoms with van der Waals surface area (Å²) >= 11 is 0. The van der Waals surface area contributed by atoms with Gasteiger partial charge in [-0.3, -0.25) is 4.79 Å². The molecule has 3 nitrogen and oxygen atoms in total. The predicted octanol–water partition coefficient (Wildman–Crippen LogP) is 2.72. The van der Waals surface area contributed by atoms with E-state index in [0.29, 0.717) is 11.1 Å². The number of hydrogen-bond acceptors (Lipinski definition) is 2. The lowest BCUT2D eigenvalue weighted by Gasteiger charge is -2.28. The summed E-state index contributed by atoms with van der Waals surface area (Å²) in [6.07, 6.45) is 0. The van der Waals surface area contributed by atoms with Gasteiger partial charge in [-0.25, -0.2) is 0 Å². The molecule has 0 heterocycles. The van der Waals surface area contributed by atoms with Crippen LogP contribution in [0.5, 0.6) is 0 Å². The van der Waals surface area contributed by atoms with Gasteiger partial charge in [-0.15, -0.1) is 0 Å². The highest BCUT2D eigenvalue weighted by atomic mass is 16.1. The lowest BCUT2D eigenvalue weighted by molar-refractivity contribution is 0.0910. The average molecular weight is 230 g/mol. The molecule has 1 aromatic rings. The van der Waals surface area contributed by atoms with Gasteiger partial charge in [0.15, 0.2) is 0 Å². The summed E-state index contributed by atoms with van der Waals surface area (Å²) < 4.78 is 0. The molecule has 1 unspecified atom stereocenters. The lowest BCUT2D eigenvalue weighted by atomic mass is 9.88. The Morgan fingerprint density at radius 3 is 2.59 bits per heavy atom. The first-order valence-corrected chi connectivity index (χ1v) is 5.65. The standard InChI is InChI=1S/C14H18N2O/c1-10(14(2,3)4)16-13(17)12-7-5-6-11(8-12)9-15/h5-8,10H,1-4H3,(H,16,17). The van der Waals surface area contributed by atoms with Gasteiger partial charge in [0, 0.05) is 11.6 Å². The van der Waals surface area contributed by atoms with Crippen LogP contribution in [0.3, 0.4) is 0 Å². The van der Waals surface area contributed by atoms with E-state index in [-0.39, 0.29) is 17.4 Å². The summed E-state index contributed by atoms with van der Waals surface area (Å²) in [5, 5.41) is 11.7. The maximum absolute atomic E-state index is 11.9. The maximum atomic E-state index is 11.9. The third-order valence-corrected chi connectivity index (χ3v) is 2.90. The highest BCUT2D eigenvalue weighted by Gasteiger charge is 2.22. The van der Waals surface area contributed by atoms with Crippen LogP contribution in [0, 0.1) is 16.7 Å². The Hall–Kier alpha value is -1.82. The average Bonchev–Trinajstić information content (AvgIpc) is 2.27. The number of carbonyl (C=O) groups excluding carboxylic acids is 1. The monoisotopic (exact) mass is 230 g/mol. The van der Waals surface area contributed by atoms with Crippen molar-refractivity contribution >= 4 is 5.91 Å². The molecule has 0 saturated heterocycles. The molecule has 0 bridgehead atoms. The smallest absolute Gasteiger partial charge is 0.251 e. The number of amides is 1. The van der Waals surface area contributed by atoms with Crippen LogP contribution in [0.15, 0.2) is 24.3 Å². The zero-order valence-corrected chi connectivity index (χ0v) is 10.7. The van der Waals surface area contributed by atoms with Gasteiger partial charge >= 0.3 is 0 Å². The Morgan fingerprint density at radius 1 is 1.41 bits per heavy atom. The molecule has 0 aliphatic rings. The van der Waals surface area contributed by atoms with E-state index in [2.05, 4.69) is 26.1 Å². The fraction of sp³-hybridized carbons (Fsp3) is 0.429. The molecule has 0 saturated carbocycles. The number of benzene rings is 1. The molecule has 1 atom stereocenters. The van der Waals surface area contributed by atoms with Crippen molar-refractivity contribution in [1.82, 2.24) is 5.32 Å². The topological polar surface area (TPSA) is 52.9 Å². The molecule has 3 heteroatoms. The molecule has 90 valence electrons. The van der Waals surface area contributed by atoms with Gasteiger partial charge in [0.25, 0.3) is 5.91 Å². The second-order valence-electron chi connectivity index (χ2n) is 5.25. The fourth-order valence-corrected chi connectivity index (χ4v) is 1.23. The Labute approximate surface area is 102 Å². The normalized spacial score (nSPS) is 12.6. The lowest BCUT2D eigenvalue weighted by Crippen LogP contribution is -2.41. The number of carbonyl (C=O) groups is 1. The van der Waals surface area contributed by atoms with E-state index in [4.69, 9.17) is 5.26 Å². The Morgan fingerprint density at radius 2 is 2.06 bits per heavy atom. The van der Waals surface area contributed by atoms with Gasteiger partial charge in [-0.05, 0) is 30.5 Å². The van der Waals surface area contributed by atoms with Crippen LogP contribution < -0.4 is 5.32 Å². The molecule has 1 aromatic carbocycles. The van der Waals surface area contributed by atoms with E-state index in [1.165, 1.54) is 0 Å². The molecule has 1 N–H and O–H groups in total. The minimum absolute atomic E-state index is 0.0164. The van der Waals surface area contributed by atoms with Crippen molar-refractivity contribution in [1.29, 1.82) is 5.26 Å². The van der Waals surface area contributed by atoms with Crippen LogP contribution >= 0.6 is 0 Å². The van der Waals surface area contributed by atoms with E-state index in [0.717, 1.165) is 0 Å². The summed E-state index contributed by atoms with van der Waals surface area (Å²) in [5.41, 5.74) is 1.05. The van der Waals surface area contributed by atoms with Gasteiger partial charge in [0.05, 0.1) is 11.6 Å². The molecule has 0 radical (unpaired) electrons. The second kappa shape index (κ2) is 5.01. The van der Waals surface area contributed by atoms with E-state index < -0.39 is 0 Å². The Balaban J connectivity index is 2.81. The number of nitriles is 1. The summed E-state index contributed by atoms with van der Waals surface area (Å²) in [6, 6.07) is 8.81. The van der Waals surface area contributed by atoms with Crippen LogP contribution in [0.4, 0.5) is 0 Å². The quantitative estimate of drug-likeness (QED) is 0.849. The maximum Gasteiger partial charge on any atom is 0.251 e. The molecule has 0 aliphatic heterocycles. The molecular weight excluding hydrogens is 212 g/mol. The SMILES string of the molecule is CC(NC(=O)c1cccc(C#N)c1)C(C)(C)C. The van der Waals surface area contributed by atoms with Crippen LogP contribution in [-0.4, -0.2) is 11.9 Å². The summed E-state index contributed by atoms with van der Waals surface area (Å²) in [4.78, 5) is 11.9. The van der Waals surface area contributed by atoms with E-state index in [1.54, 1.807) is 24.3 Å². The third-order valence-electron chi connectivity index (χ3n) is 2.90. The van der Waals surface area contributed by atoms with Crippen LogP contribution in [0.1, 0.15) is 43.6 Å². The molecule has 0 aromatic heterocycles. The molecule has 1 rings (SSSR count). The molecule has 17 heavy (non-hydrogen) atoms. The van der Waals surface area contributed by atoms with Crippen LogP contribution in [0.2, 0.25) is 0 Å². The second-order valence-corrected chi connectivity index (χ2v) is 5.25.